The van der Waals surface area contributed by atoms with Gasteiger partial charge in [-0.1, -0.05) is 39.3 Å². The van der Waals surface area contributed by atoms with Gasteiger partial charge in [0.15, 0.2) is 0 Å². The number of pyridine rings is 1. The Morgan fingerprint density at radius 2 is 1.55 bits per heavy atom. The number of imide groups is 1. The van der Waals surface area contributed by atoms with Gasteiger partial charge in [-0.3, -0.25) is 38.7 Å². The van der Waals surface area contributed by atoms with Crippen LogP contribution in [0.15, 0.2) is 60.0 Å². The van der Waals surface area contributed by atoms with Gasteiger partial charge in [-0.15, -0.1) is 0 Å². The van der Waals surface area contributed by atoms with Gasteiger partial charge in [0, 0.05) is 81.7 Å². The largest absolute Gasteiger partial charge is 0.354 e. The molecule has 0 aliphatic carbocycles. The third-order valence-electron chi connectivity index (χ3n) is 9.96. The molecule has 16 nitrogen and oxygen atoms in total. The molecule has 2 aromatic rings. The van der Waals surface area contributed by atoms with Crippen LogP contribution < -0.4 is 21.3 Å². The number of carbonyl (C=O) groups is 7. The van der Waals surface area contributed by atoms with Crippen LogP contribution in [0.5, 0.6) is 0 Å². The zero-order chi connectivity index (χ0) is 40.4. The predicted octanol–water partition coefficient (Wildman–Crippen LogP) is 2.84. The molecule has 0 fully saturated rings. The maximum Gasteiger partial charge on any atom is 0.322 e. The number of nitrogens with one attached hydrogen (secondary N) is 4. The molecule has 16 heteroatoms. The summed E-state index contributed by atoms with van der Waals surface area (Å²) in [5.74, 6) is -2.31. The van der Waals surface area contributed by atoms with Gasteiger partial charge in [0.25, 0.3) is 11.8 Å². The summed E-state index contributed by atoms with van der Waals surface area (Å²) < 4.78 is 0. The summed E-state index contributed by atoms with van der Waals surface area (Å²) in [5.41, 5.74) is 4.36. The molecule has 8 amide bonds. The van der Waals surface area contributed by atoms with Crippen molar-refractivity contribution >= 4 is 52.9 Å². The highest BCUT2D eigenvalue weighted by atomic mass is 16.2. The summed E-state index contributed by atoms with van der Waals surface area (Å²) in [5, 5.41) is 17.3. The fourth-order valence-corrected chi connectivity index (χ4v) is 6.68. The second kappa shape index (κ2) is 19.1. The van der Waals surface area contributed by atoms with Crippen LogP contribution in [-0.4, -0.2) is 98.7 Å². The van der Waals surface area contributed by atoms with E-state index in [1.807, 2.05) is 37.3 Å². The second-order valence-electron chi connectivity index (χ2n) is 14.8. The standard InChI is InChI=1S/C40H51N9O7/c1-25(2)36(45-32(50)9-6-5-7-19-48-33(51)14-15-34(48)52)39(55)43-27(4)38(54)42-17-8-20-49-35(53)21-26(3)37(46-49)28-10-12-31(13-11-28)44-40(56)47-23-29-16-18-41-22-30(29)24-47/h10-16,18,22,25-27,36H,5-9,17,19-21,23-24H2,1-4H3,(H,42,54)(H,43,55)(H,44,56)(H,45,50)/t26?,27-,36-/m0/s1. The van der Waals surface area contributed by atoms with Crippen molar-refractivity contribution < 1.29 is 33.6 Å². The van der Waals surface area contributed by atoms with E-state index in [1.54, 1.807) is 38.1 Å². The Bertz CT molecular complexity index is 1830. The van der Waals surface area contributed by atoms with Crippen molar-refractivity contribution in [2.24, 2.45) is 16.9 Å². The monoisotopic (exact) mass is 769 g/mol. The van der Waals surface area contributed by atoms with E-state index in [0.29, 0.717) is 51.0 Å². The van der Waals surface area contributed by atoms with Gasteiger partial charge in [0.05, 0.1) is 5.71 Å². The van der Waals surface area contributed by atoms with E-state index in [2.05, 4.69) is 31.4 Å². The number of hydrogen-bond acceptors (Lipinski definition) is 9. The van der Waals surface area contributed by atoms with E-state index < -0.39 is 23.9 Å². The topological polar surface area (TPSA) is 203 Å². The van der Waals surface area contributed by atoms with E-state index in [4.69, 9.17) is 0 Å². The predicted molar refractivity (Wildman–Crippen MR) is 207 cm³/mol. The highest BCUT2D eigenvalue weighted by Gasteiger charge is 2.29. The molecule has 5 rings (SSSR count). The van der Waals surface area contributed by atoms with Crippen molar-refractivity contribution in [1.82, 2.24) is 35.7 Å². The zero-order valence-corrected chi connectivity index (χ0v) is 32.4. The summed E-state index contributed by atoms with van der Waals surface area (Å²) in [7, 11) is 0. The summed E-state index contributed by atoms with van der Waals surface area (Å²) >= 11 is 0. The Labute approximate surface area is 326 Å². The van der Waals surface area contributed by atoms with Crippen LogP contribution in [-0.2, 0) is 41.9 Å². The van der Waals surface area contributed by atoms with Crippen LogP contribution in [0.3, 0.4) is 0 Å². The van der Waals surface area contributed by atoms with Crippen molar-refractivity contribution in [3.05, 3.63) is 71.6 Å². The number of unbranched alkanes of at least 4 members (excludes halogenated alkanes) is 2. The summed E-state index contributed by atoms with van der Waals surface area (Å²) in [6, 6.07) is 7.38. The SMILES string of the molecule is CC1CC(=O)N(CCCNC(=O)[C@H](C)NC(=O)[C@@H](NC(=O)CCCCCN2C(=O)C=CC2=O)C(C)C)N=C1c1ccc(NC(=O)N2Cc3ccncc3C2)cc1. The fourth-order valence-electron chi connectivity index (χ4n) is 6.68. The van der Waals surface area contributed by atoms with Crippen LogP contribution in [0.4, 0.5) is 10.5 Å². The summed E-state index contributed by atoms with van der Waals surface area (Å²) in [6.07, 6.45) is 8.60. The molecule has 4 heterocycles. The Hall–Kier alpha value is -5.93. The molecule has 0 radical (unpaired) electrons. The Kier molecular flexibility index (Phi) is 14.1. The summed E-state index contributed by atoms with van der Waals surface area (Å²) in [6.45, 7) is 8.95. The molecule has 1 unspecified atom stereocenters. The van der Waals surface area contributed by atoms with Crippen molar-refractivity contribution in [1.29, 1.82) is 0 Å². The number of hydrazone groups is 1. The number of amides is 8. The molecule has 1 aromatic carbocycles. The van der Waals surface area contributed by atoms with Crippen LogP contribution in [0, 0.1) is 11.8 Å². The van der Waals surface area contributed by atoms with Crippen molar-refractivity contribution in [2.45, 2.75) is 91.4 Å². The molecule has 56 heavy (non-hydrogen) atoms. The molecule has 4 N–H and O–H groups in total. The zero-order valence-electron chi connectivity index (χ0n) is 32.4. The van der Waals surface area contributed by atoms with E-state index >= 15 is 0 Å². The lowest BCUT2D eigenvalue weighted by molar-refractivity contribution is -0.137. The van der Waals surface area contributed by atoms with E-state index in [9.17, 15) is 33.6 Å². The quantitative estimate of drug-likeness (QED) is 0.139. The van der Waals surface area contributed by atoms with Crippen molar-refractivity contribution in [2.75, 3.05) is 25.0 Å². The van der Waals surface area contributed by atoms with Crippen LogP contribution in [0.25, 0.3) is 0 Å². The number of urea groups is 1. The van der Waals surface area contributed by atoms with Crippen LogP contribution in [0.2, 0.25) is 0 Å². The first-order valence-corrected chi connectivity index (χ1v) is 19.2. The molecule has 1 aromatic heterocycles. The normalized spacial score (nSPS) is 17.4. The minimum Gasteiger partial charge on any atom is -0.354 e. The van der Waals surface area contributed by atoms with Gasteiger partial charge in [-0.05, 0) is 67.0 Å². The number of anilines is 1. The van der Waals surface area contributed by atoms with Gasteiger partial charge in [-0.25, -0.2) is 9.80 Å². The fraction of sp³-hybridized carbons (Fsp3) is 0.475. The Morgan fingerprint density at radius 1 is 0.839 bits per heavy atom. The van der Waals surface area contributed by atoms with Crippen LogP contribution >= 0.6 is 0 Å². The average molecular weight is 770 g/mol. The van der Waals surface area contributed by atoms with Gasteiger partial charge in [-0.2, -0.15) is 5.10 Å². The molecule has 0 saturated carbocycles. The number of nitrogens with zero attached hydrogens (tertiary/aromatic N) is 5. The molecule has 298 valence electrons. The molecule has 0 spiro atoms. The minimum absolute atomic E-state index is 0.108. The smallest absolute Gasteiger partial charge is 0.322 e. The maximum absolute atomic E-state index is 13.1. The van der Waals surface area contributed by atoms with Gasteiger partial charge in [0.1, 0.15) is 12.1 Å². The molecule has 3 atom stereocenters. The van der Waals surface area contributed by atoms with Crippen molar-refractivity contribution in [3.8, 4) is 0 Å². The lowest BCUT2D eigenvalue weighted by Crippen LogP contribution is -2.54. The highest BCUT2D eigenvalue weighted by molar-refractivity contribution is 6.12. The molecular formula is C40H51N9O7. The Morgan fingerprint density at radius 3 is 2.25 bits per heavy atom. The second-order valence-corrected chi connectivity index (χ2v) is 14.8. The third-order valence-corrected chi connectivity index (χ3v) is 9.96. The van der Waals surface area contributed by atoms with E-state index in [-0.39, 0.29) is 67.4 Å². The van der Waals surface area contributed by atoms with E-state index in [0.717, 1.165) is 27.3 Å². The maximum atomic E-state index is 13.1. The average Bonchev–Trinajstić information content (AvgIpc) is 3.75. The van der Waals surface area contributed by atoms with Gasteiger partial charge < -0.3 is 26.2 Å². The number of rotatable bonds is 17. The molecule has 0 saturated heterocycles. The lowest BCUT2D eigenvalue weighted by atomic mass is 9.93. The number of hydrogen-bond donors (Lipinski definition) is 4. The Balaban J connectivity index is 1.02. The highest BCUT2D eigenvalue weighted by Crippen LogP contribution is 2.24. The molecule has 3 aliphatic rings. The van der Waals surface area contributed by atoms with Gasteiger partial charge in [0.2, 0.25) is 23.6 Å². The number of benzene rings is 1. The minimum atomic E-state index is -0.870. The molecular weight excluding hydrogens is 718 g/mol. The third kappa shape index (κ3) is 10.9. The van der Waals surface area contributed by atoms with E-state index in [1.165, 1.54) is 17.2 Å². The van der Waals surface area contributed by atoms with Crippen molar-refractivity contribution in [3.63, 3.8) is 0 Å². The first-order chi connectivity index (χ1) is 26.8. The molecule has 0 bridgehead atoms. The number of aromatic nitrogens is 1. The first-order valence-electron chi connectivity index (χ1n) is 19.2. The number of carbonyl (C=O) groups excluding carboxylic acids is 7. The lowest BCUT2D eigenvalue weighted by Gasteiger charge is -2.28. The number of fused-ring (bicyclic) bond motifs is 1. The van der Waals surface area contributed by atoms with Gasteiger partial charge >= 0.3 is 6.03 Å². The molecule has 3 aliphatic heterocycles. The first kappa shape index (κ1) is 41.2. The summed E-state index contributed by atoms with van der Waals surface area (Å²) in [4.78, 5) is 94.6. The van der Waals surface area contributed by atoms with Crippen LogP contribution in [0.1, 0.15) is 82.9 Å².